The Labute approximate surface area is 147 Å². The first-order chi connectivity index (χ1) is 12.1. The van der Waals surface area contributed by atoms with E-state index in [1.165, 1.54) is 0 Å². The van der Waals surface area contributed by atoms with Gasteiger partial charge in [-0.25, -0.2) is 4.79 Å². The Morgan fingerprint density at radius 2 is 1.76 bits per heavy atom. The number of hydrogen-bond acceptors (Lipinski definition) is 3. The molecule has 1 atom stereocenters. The van der Waals surface area contributed by atoms with Crippen molar-refractivity contribution in [1.82, 2.24) is 5.32 Å². The number of carbonyl (C=O) groups is 2. The van der Waals surface area contributed by atoms with Crippen LogP contribution in [-0.4, -0.2) is 29.6 Å². The molecule has 0 aliphatic heterocycles. The maximum absolute atomic E-state index is 12.0. The zero-order chi connectivity index (χ0) is 18.1. The van der Waals surface area contributed by atoms with Gasteiger partial charge in [0.25, 0.3) is 0 Å². The molecular weight excluding hydrogens is 318 g/mol. The summed E-state index contributed by atoms with van der Waals surface area (Å²) in [6.45, 7) is 2.48. The van der Waals surface area contributed by atoms with Gasteiger partial charge in [0.2, 0.25) is 5.91 Å². The maximum atomic E-state index is 12.0. The summed E-state index contributed by atoms with van der Waals surface area (Å²) >= 11 is 0. The van der Waals surface area contributed by atoms with E-state index >= 15 is 0 Å². The first-order valence-electron chi connectivity index (χ1n) is 8.39. The van der Waals surface area contributed by atoms with Crippen molar-refractivity contribution >= 4 is 11.9 Å². The monoisotopic (exact) mass is 341 g/mol. The normalized spacial score (nSPS) is 11.6. The summed E-state index contributed by atoms with van der Waals surface area (Å²) in [6, 6.07) is 16.1. The number of ether oxygens (including phenoxy) is 1. The third-order valence-corrected chi connectivity index (χ3v) is 3.87. The number of amides is 1. The molecule has 2 rings (SSSR count). The van der Waals surface area contributed by atoms with Gasteiger partial charge in [-0.05, 0) is 42.7 Å². The van der Waals surface area contributed by atoms with Crippen molar-refractivity contribution in [1.29, 1.82) is 0 Å². The molecule has 0 spiro atoms. The van der Waals surface area contributed by atoms with E-state index in [1.54, 1.807) is 24.3 Å². The summed E-state index contributed by atoms with van der Waals surface area (Å²) < 4.78 is 5.84. The first kappa shape index (κ1) is 18.5. The van der Waals surface area contributed by atoms with Crippen LogP contribution in [0.3, 0.4) is 0 Å². The van der Waals surface area contributed by atoms with Crippen LogP contribution in [0.2, 0.25) is 0 Å². The molecule has 0 fully saturated rings. The lowest BCUT2D eigenvalue weighted by atomic mass is 10.1. The van der Waals surface area contributed by atoms with Crippen LogP contribution in [0.5, 0.6) is 5.75 Å². The van der Waals surface area contributed by atoms with Gasteiger partial charge in [0.05, 0.1) is 12.1 Å². The number of para-hydroxylation sites is 1. The predicted molar refractivity (Wildman–Crippen MR) is 95.9 cm³/mol. The van der Waals surface area contributed by atoms with Gasteiger partial charge in [0, 0.05) is 6.42 Å². The Hall–Kier alpha value is -2.82. The lowest BCUT2D eigenvalue weighted by Gasteiger charge is -2.18. The van der Waals surface area contributed by atoms with Crippen LogP contribution >= 0.6 is 0 Å². The van der Waals surface area contributed by atoms with Crippen LogP contribution in [0.1, 0.15) is 35.7 Å². The summed E-state index contributed by atoms with van der Waals surface area (Å²) in [6.07, 6.45) is 1.66. The van der Waals surface area contributed by atoms with Crippen LogP contribution in [-0.2, 0) is 11.2 Å². The van der Waals surface area contributed by atoms with Crippen LogP contribution < -0.4 is 10.1 Å². The highest BCUT2D eigenvalue weighted by Gasteiger charge is 2.10. The van der Waals surface area contributed by atoms with Gasteiger partial charge in [-0.3, -0.25) is 4.79 Å². The average molecular weight is 341 g/mol. The van der Waals surface area contributed by atoms with Crippen LogP contribution in [0, 0.1) is 0 Å². The molecule has 0 bridgehead atoms. The molecule has 0 aliphatic rings. The quantitative estimate of drug-likeness (QED) is 0.734. The molecular formula is C20H23NO4. The van der Waals surface area contributed by atoms with Crippen molar-refractivity contribution < 1.29 is 19.4 Å². The van der Waals surface area contributed by atoms with E-state index in [-0.39, 0.29) is 17.6 Å². The molecule has 25 heavy (non-hydrogen) atoms. The maximum Gasteiger partial charge on any atom is 0.335 e. The van der Waals surface area contributed by atoms with Crippen molar-refractivity contribution in [2.45, 2.75) is 32.3 Å². The van der Waals surface area contributed by atoms with Crippen LogP contribution in [0.15, 0.2) is 54.6 Å². The fourth-order valence-corrected chi connectivity index (χ4v) is 2.35. The molecule has 5 nitrogen and oxygen atoms in total. The average Bonchev–Trinajstić information content (AvgIpc) is 2.64. The Bertz CT molecular complexity index is 683. The van der Waals surface area contributed by atoms with E-state index in [9.17, 15) is 9.59 Å². The lowest BCUT2D eigenvalue weighted by molar-refractivity contribution is -0.121. The molecule has 0 aliphatic carbocycles. The number of benzene rings is 2. The highest BCUT2D eigenvalue weighted by molar-refractivity contribution is 5.87. The second kappa shape index (κ2) is 9.47. The standard InChI is InChI=1S/C20H23NO4/c1-2-17(25-18-6-4-3-5-7-18)14-21-19(22)13-10-15-8-11-16(12-9-15)20(23)24/h3-9,11-12,17H,2,10,13-14H2,1H3,(H,21,22)(H,23,24)/t17-/m0/s1. The molecule has 2 aromatic carbocycles. The number of hydrogen-bond donors (Lipinski definition) is 2. The summed E-state index contributed by atoms with van der Waals surface area (Å²) in [5, 5.41) is 11.8. The van der Waals surface area contributed by atoms with E-state index in [2.05, 4.69) is 5.32 Å². The van der Waals surface area contributed by atoms with Gasteiger partial charge in [0.15, 0.2) is 0 Å². The van der Waals surface area contributed by atoms with Crippen molar-refractivity contribution in [3.63, 3.8) is 0 Å². The second-order valence-corrected chi connectivity index (χ2v) is 5.77. The number of carbonyl (C=O) groups excluding carboxylic acids is 1. The van der Waals surface area contributed by atoms with E-state index in [0.717, 1.165) is 17.7 Å². The molecule has 0 unspecified atom stereocenters. The summed E-state index contributed by atoms with van der Waals surface area (Å²) in [7, 11) is 0. The van der Waals surface area contributed by atoms with Gasteiger partial charge in [-0.15, -0.1) is 0 Å². The molecule has 1 amide bonds. The minimum absolute atomic E-state index is 0.0441. The Kier molecular flexibility index (Phi) is 7.01. The molecule has 5 heteroatoms. The lowest BCUT2D eigenvalue weighted by Crippen LogP contribution is -2.35. The number of carboxylic acids is 1. The van der Waals surface area contributed by atoms with Gasteiger partial charge < -0.3 is 15.2 Å². The Morgan fingerprint density at radius 3 is 2.36 bits per heavy atom. The fourth-order valence-electron chi connectivity index (χ4n) is 2.35. The number of carboxylic acid groups (broad SMARTS) is 1. The molecule has 132 valence electrons. The smallest absolute Gasteiger partial charge is 0.335 e. The number of rotatable bonds is 9. The van der Waals surface area contributed by atoms with E-state index in [4.69, 9.17) is 9.84 Å². The van der Waals surface area contributed by atoms with E-state index in [0.29, 0.717) is 19.4 Å². The third-order valence-electron chi connectivity index (χ3n) is 3.87. The number of aryl methyl sites for hydroxylation is 1. The first-order valence-corrected chi connectivity index (χ1v) is 8.39. The molecule has 0 saturated carbocycles. The third kappa shape index (κ3) is 6.30. The van der Waals surface area contributed by atoms with Crippen LogP contribution in [0.4, 0.5) is 0 Å². The van der Waals surface area contributed by atoms with Gasteiger partial charge in [0.1, 0.15) is 11.9 Å². The zero-order valence-corrected chi connectivity index (χ0v) is 14.3. The summed E-state index contributed by atoms with van der Waals surface area (Å²) in [5.74, 6) is -0.201. The van der Waals surface area contributed by atoms with Gasteiger partial charge in [-0.2, -0.15) is 0 Å². The topological polar surface area (TPSA) is 75.6 Å². The Balaban J connectivity index is 1.74. The largest absolute Gasteiger partial charge is 0.489 e. The molecule has 0 heterocycles. The second-order valence-electron chi connectivity index (χ2n) is 5.77. The van der Waals surface area contributed by atoms with Gasteiger partial charge >= 0.3 is 5.97 Å². The highest BCUT2D eigenvalue weighted by Crippen LogP contribution is 2.12. The summed E-state index contributed by atoms with van der Waals surface area (Å²) in [4.78, 5) is 22.8. The molecule has 0 aromatic heterocycles. The SMILES string of the molecule is CC[C@@H](CNC(=O)CCc1ccc(C(=O)O)cc1)Oc1ccccc1. The summed E-state index contributed by atoms with van der Waals surface area (Å²) in [5.41, 5.74) is 1.18. The molecule has 0 saturated heterocycles. The van der Waals surface area contributed by atoms with Crippen molar-refractivity contribution in [2.75, 3.05) is 6.54 Å². The minimum Gasteiger partial charge on any atom is -0.489 e. The van der Waals surface area contributed by atoms with E-state index < -0.39 is 5.97 Å². The number of aromatic carboxylic acids is 1. The molecule has 0 radical (unpaired) electrons. The fraction of sp³-hybridized carbons (Fsp3) is 0.300. The molecule has 2 N–H and O–H groups in total. The predicted octanol–water partition coefficient (Wildman–Crippen LogP) is 3.29. The van der Waals surface area contributed by atoms with Crippen molar-refractivity contribution in [3.05, 3.63) is 65.7 Å². The minimum atomic E-state index is -0.951. The van der Waals surface area contributed by atoms with Crippen LogP contribution in [0.25, 0.3) is 0 Å². The van der Waals surface area contributed by atoms with Gasteiger partial charge in [-0.1, -0.05) is 37.3 Å². The van der Waals surface area contributed by atoms with E-state index in [1.807, 2.05) is 37.3 Å². The Morgan fingerprint density at radius 1 is 1.08 bits per heavy atom. The number of nitrogens with one attached hydrogen (secondary N) is 1. The van der Waals surface area contributed by atoms with Crippen molar-refractivity contribution in [2.24, 2.45) is 0 Å². The highest BCUT2D eigenvalue weighted by atomic mass is 16.5. The van der Waals surface area contributed by atoms with Crippen molar-refractivity contribution in [3.8, 4) is 5.75 Å². The zero-order valence-electron chi connectivity index (χ0n) is 14.3. The molecule has 2 aromatic rings.